The second-order valence-electron chi connectivity index (χ2n) is 10.5. The molecule has 1 saturated heterocycles. The number of imidazole rings is 1. The summed E-state index contributed by atoms with van der Waals surface area (Å²) in [7, 11) is 0. The zero-order valence-corrected chi connectivity index (χ0v) is 22.6. The number of nitrogens with zero attached hydrogens (tertiary/aromatic N) is 6. The highest BCUT2D eigenvalue weighted by molar-refractivity contribution is 5.83. The van der Waals surface area contributed by atoms with Crippen LogP contribution in [0, 0.1) is 11.3 Å². The summed E-state index contributed by atoms with van der Waals surface area (Å²) < 4.78 is 8.22. The van der Waals surface area contributed by atoms with Crippen LogP contribution in [-0.4, -0.2) is 43.6 Å². The Morgan fingerprint density at radius 2 is 1.78 bits per heavy atom. The molecule has 3 aromatic heterocycles. The molecule has 0 unspecified atom stereocenters. The molecule has 8 heteroatoms. The first-order valence-electron chi connectivity index (χ1n) is 13.9. The molecule has 8 nitrogen and oxygen atoms in total. The van der Waals surface area contributed by atoms with Gasteiger partial charge >= 0.3 is 0 Å². The Bertz CT molecular complexity index is 1720. The minimum absolute atomic E-state index is 0.398. The number of likely N-dealkylation sites (tertiary alicyclic amines) is 1. The van der Waals surface area contributed by atoms with Gasteiger partial charge in [0.2, 0.25) is 0 Å². The van der Waals surface area contributed by atoms with Gasteiger partial charge in [-0.05, 0) is 36.6 Å². The third kappa shape index (κ3) is 5.04. The summed E-state index contributed by atoms with van der Waals surface area (Å²) >= 11 is 0. The standard InChI is InChI=1S/C33H29N7O/c34-19-28-18-27(10-15-36-28)37-26-12-16-39(17-13-26)21-23-6-8-24(9-7-23)31-32(25-4-2-1-3-5-25)40-22-41-30-11-14-35-20-29(30)33(40)38-31/h1-11,14-15,18,20,26H,12-13,16-17,21-22H2,(H,36,37). The van der Waals surface area contributed by atoms with Crippen LogP contribution in [-0.2, 0) is 13.3 Å². The van der Waals surface area contributed by atoms with E-state index < -0.39 is 0 Å². The molecule has 1 N–H and O–H groups in total. The third-order valence-corrected chi connectivity index (χ3v) is 7.85. The first-order chi connectivity index (χ1) is 20.2. The monoisotopic (exact) mass is 539 g/mol. The van der Waals surface area contributed by atoms with Crippen LogP contribution in [0.2, 0.25) is 0 Å². The lowest BCUT2D eigenvalue weighted by Crippen LogP contribution is -2.38. The highest BCUT2D eigenvalue weighted by atomic mass is 16.5. The van der Waals surface area contributed by atoms with Crippen LogP contribution < -0.4 is 10.1 Å². The van der Waals surface area contributed by atoms with E-state index in [1.807, 2.05) is 30.5 Å². The number of piperidine rings is 1. The van der Waals surface area contributed by atoms with Gasteiger partial charge in [-0.2, -0.15) is 5.26 Å². The predicted molar refractivity (Wildman–Crippen MR) is 158 cm³/mol. The molecule has 2 aromatic carbocycles. The van der Waals surface area contributed by atoms with E-state index in [0.29, 0.717) is 18.5 Å². The second kappa shape index (κ2) is 10.9. The van der Waals surface area contributed by atoms with E-state index in [1.54, 1.807) is 12.4 Å². The topological polar surface area (TPSA) is 91.9 Å². The highest BCUT2D eigenvalue weighted by Crippen LogP contribution is 2.41. The van der Waals surface area contributed by atoms with Gasteiger partial charge in [0.05, 0.1) is 17.0 Å². The number of anilines is 1. The zero-order chi connectivity index (χ0) is 27.6. The molecule has 0 spiro atoms. The number of benzene rings is 2. The average Bonchev–Trinajstić information content (AvgIpc) is 3.43. The molecule has 2 aliphatic heterocycles. The van der Waals surface area contributed by atoms with Gasteiger partial charge in [0.25, 0.3) is 0 Å². The number of hydrogen-bond acceptors (Lipinski definition) is 7. The molecule has 1 fully saturated rings. The first-order valence-corrected chi connectivity index (χ1v) is 13.9. The fraction of sp³-hybridized carbons (Fsp3) is 0.212. The fourth-order valence-corrected chi connectivity index (χ4v) is 5.76. The molecule has 202 valence electrons. The number of nitrogens with one attached hydrogen (secondary N) is 1. The van der Waals surface area contributed by atoms with E-state index in [2.05, 4.69) is 79.4 Å². The summed E-state index contributed by atoms with van der Waals surface area (Å²) in [5.41, 5.74) is 7.78. The Kier molecular flexibility index (Phi) is 6.63. The minimum Gasteiger partial charge on any atom is -0.472 e. The maximum Gasteiger partial charge on any atom is 0.167 e. The van der Waals surface area contributed by atoms with Crippen molar-refractivity contribution in [3.8, 4) is 45.7 Å². The maximum absolute atomic E-state index is 9.11. The number of ether oxygens (including phenoxy) is 1. The molecule has 5 heterocycles. The number of pyridine rings is 2. The van der Waals surface area contributed by atoms with Crippen molar-refractivity contribution in [1.82, 2.24) is 24.4 Å². The van der Waals surface area contributed by atoms with Crippen molar-refractivity contribution in [3.05, 3.63) is 103 Å². The molecular weight excluding hydrogens is 510 g/mol. The zero-order valence-electron chi connectivity index (χ0n) is 22.6. The summed E-state index contributed by atoms with van der Waals surface area (Å²) in [4.78, 5) is 16.0. The largest absolute Gasteiger partial charge is 0.472 e. The van der Waals surface area contributed by atoms with E-state index in [4.69, 9.17) is 15.0 Å². The maximum atomic E-state index is 9.11. The van der Waals surface area contributed by atoms with Crippen LogP contribution in [0.3, 0.4) is 0 Å². The van der Waals surface area contributed by atoms with Gasteiger partial charge in [0.15, 0.2) is 6.73 Å². The molecule has 0 saturated carbocycles. The third-order valence-electron chi connectivity index (χ3n) is 7.85. The van der Waals surface area contributed by atoms with Crippen LogP contribution in [0.25, 0.3) is 33.9 Å². The Labute approximate surface area is 238 Å². The summed E-state index contributed by atoms with van der Waals surface area (Å²) in [6.45, 7) is 3.37. The van der Waals surface area contributed by atoms with Crippen molar-refractivity contribution in [1.29, 1.82) is 5.26 Å². The van der Waals surface area contributed by atoms with Gasteiger partial charge in [0, 0.05) is 61.1 Å². The van der Waals surface area contributed by atoms with Gasteiger partial charge in [-0.15, -0.1) is 0 Å². The second-order valence-corrected chi connectivity index (χ2v) is 10.5. The lowest BCUT2D eigenvalue weighted by molar-refractivity contribution is 0.211. The molecule has 2 aliphatic rings. The summed E-state index contributed by atoms with van der Waals surface area (Å²) in [5, 5.41) is 12.7. The number of hydrogen-bond donors (Lipinski definition) is 1. The van der Waals surface area contributed by atoms with Gasteiger partial charge in [-0.3, -0.25) is 14.5 Å². The summed E-state index contributed by atoms with van der Waals surface area (Å²) in [6.07, 6.45) is 7.38. The van der Waals surface area contributed by atoms with Crippen molar-refractivity contribution in [2.24, 2.45) is 0 Å². The van der Waals surface area contributed by atoms with Crippen molar-refractivity contribution in [3.63, 3.8) is 0 Å². The predicted octanol–water partition coefficient (Wildman–Crippen LogP) is 5.97. The molecule has 0 radical (unpaired) electrons. The molecule has 5 aromatic rings. The van der Waals surface area contributed by atoms with Crippen molar-refractivity contribution in [2.75, 3.05) is 18.4 Å². The van der Waals surface area contributed by atoms with Gasteiger partial charge in [0.1, 0.15) is 23.3 Å². The average molecular weight is 540 g/mol. The quantitative estimate of drug-likeness (QED) is 0.284. The summed E-state index contributed by atoms with van der Waals surface area (Å²) in [6, 6.07) is 27.3. The summed E-state index contributed by atoms with van der Waals surface area (Å²) in [5.74, 6) is 1.69. The molecule has 0 aliphatic carbocycles. The van der Waals surface area contributed by atoms with Crippen LogP contribution in [0.1, 0.15) is 24.1 Å². The van der Waals surface area contributed by atoms with E-state index >= 15 is 0 Å². The number of aromatic nitrogens is 4. The first kappa shape index (κ1) is 25.0. The molecule has 0 amide bonds. The molecule has 41 heavy (non-hydrogen) atoms. The van der Waals surface area contributed by atoms with Crippen LogP contribution in [0.4, 0.5) is 5.69 Å². The highest BCUT2D eigenvalue weighted by Gasteiger charge is 2.26. The van der Waals surface area contributed by atoms with Gasteiger partial charge in [-0.1, -0.05) is 54.6 Å². The molecular formula is C33H29N7O. The molecule has 0 atom stereocenters. The lowest BCUT2D eigenvalue weighted by Gasteiger charge is -2.33. The number of fused-ring (bicyclic) bond motifs is 3. The molecule has 0 bridgehead atoms. The Hall–Kier alpha value is -5.00. The minimum atomic E-state index is 0.398. The molecule has 7 rings (SSSR count). The smallest absolute Gasteiger partial charge is 0.167 e. The SMILES string of the molecule is N#Cc1cc(NC2CCN(Cc3ccc(-c4nc5n(c4-c4ccccc4)COc4ccncc4-5)cc3)CC2)ccn1. The number of nitriles is 1. The van der Waals surface area contributed by atoms with E-state index in [0.717, 1.165) is 77.8 Å². The van der Waals surface area contributed by atoms with Crippen molar-refractivity contribution < 1.29 is 4.74 Å². The van der Waals surface area contributed by atoms with E-state index in [9.17, 15) is 0 Å². The van der Waals surface area contributed by atoms with Gasteiger partial charge in [-0.25, -0.2) is 9.97 Å². The normalized spacial score (nSPS) is 14.9. The van der Waals surface area contributed by atoms with Crippen LogP contribution >= 0.6 is 0 Å². The Morgan fingerprint density at radius 3 is 2.59 bits per heavy atom. The van der Waals surface area contributed by atoms with E-state index in [-0.39, 0.29) is 0 Å². The number of rotatable bonds is 6. The lowest BCUT2D eigenvalue weighted by atomic mass is 10.0. The Balaban J connectivity index is 1.08. The van der Waals surface area contributed by atoms with Crippen molar-refractivity contribution >= 4 is 5.69 Å². The van der Waals surface area contributed by atoms with Crippen molar-refractivity contribution in [2.45, 2.75) is 32.2 Å². The fourth-order valence-electron chi connectivity index (χ4n) is 5.76. The van der Waals surface area contributed by atoms with E-state index in [1.165, 1.54) is 5.56 Å². The Morgan fingerprint density at radius 1 is 0.951 bits per heavy atom. The van der Waals surface area contributed by atoms with Crippen LogP contribution in [0.5, 0.6) is 5.75 Å². The van der Waals surface area contributed by atoms with Crippen LogP contribution in [0.15, 0.2) is 91.4 Å². The van der Waals surface area contributed by atoms with Gasteiger partial charge < -0.3 is 10.1 Å².